The Bertz CT molecular complexity index is 723. The van der Waals surface area contributed by atoms with Crippen molar-refractivity contribution in [3.63, 3.8) is 0 Å². The Labute approximate surface area is 163 Å². The van der Waals surface area contributed by atoms with Crippen molar-refractivity contribution in [3.05, 3.63) is 59.2 Å². The van der Waals surface area contributed by atoms with Crippen LogP contribution in [0.15, 0.2) is 47.5 Å². The standard InChI is InChI=1S/C18H21F2N3O.HI/c1-12-7-8-15(11-13(12)2)23-18(21)22-10-9-14-5-3-4-6-16(14)24-17(19)20;/h3-8,11,17H,9-10H2,1-2H3,(H3,21,22,23);1H. The van der Waals surface area contributed by atoms with Crippen LogP contribution in [0.25, 0.3) is 0 Å². The van der Waals surface area contributed by atoms with Crippen LogP contribution in [0.4, 0.5) is 14.5 Å². The van der Waals surface area contributed by atoms with E-state index in [2.05, 4.69) is 15.0 Å². The summed E-state index contributed by atoms with van der Waals surface area (Å²) in [6.07, 6.45) is 0.457. The predicted octanol–water partition coefficient (Wildman–Crippen LogP) is 4.49. The minimum atomic E-state index is -2.84. The maximum Gasteiger partial charge on any atom is 0.387 e. The Kier molecular flexibility index (Phi) is 8.60. The zero-order valence-corrected chi connectivity index (χ0v) is 16.5. The van der Waals surface area contributed by atoms with Crippen molar-refractivity contribution in [3.8, 4) is 5.75 Å². The van der Waals surface area contributed by atoms with Crippen molar-refractivity contribution in [1.29, 1.82) is 0 Å². The summed E-state index contributed by atoms with van der Waals surface area (Å²) in [6.45, 7) is 1.59. The average Bonchev–Trinajstić information content (AvgIpc) is 2.52. The Balaban J connectivity index is 0.00000312. The van der Waals surface area contributed by atoms with Gasteiger partial charge in [-0.3, -0.25) is 4.99 Å². The van der Waals surface area contributed by atoms with Crippen molar-refractivity contribution < 1.29 is 13.5 Å². The second-order valence-corrected chi connectivity index (χ2v) is 5.43. The lowest BCUT2D eigenvalue weighted by Gasteiger charge is -2.10. The van der Waals surface area contributed by atoms with Gasteiger partial charge in [-0.05, 0) is 55.2 Å². The van der Waals surface area contributed by atoms with Crippen molar-refractivity contribution in [2.24, 2.45) is 10.7 Å². The van der Waals surface area contributed by atoms with Crippen molar-refractivity contribution in [2.45, 2.75) is 26.9 Å². The van der Waals surface area contributed by atoms with Crippen LogP contribution in [0.5, 0.6) is 5.75 Å². The maximum absolute atomic E-state index is 12.4. The number of ether oxygens (including phenoxy) is 1. The number of nitrogens with two attached hydrogens (primary N) is 1. The number of alkyl halides is 2. The van der Waals surface area contributed by atoms with E-state index in [1.54, 1.807) is 18.2 Å². The molecular weight excluding hydrogens is 439 g/mol. The fraction of sp³-hybridized carbons (Fsp3) is 0.278. The van der Waals surface area contributed by atoms with Crippen LogP contribution in [0.2, 0.25) is 0 Å². The van der Waals surface area contributed by atoms with Crippen molar-refractivity contribution >= 4 is 35.6 Å². The highest BCUT2D eigenvalue weighted by molar-refractivity contribution is 14.0. The van der Waals surface area contributed by atoms with Crippen LogP contribution in [0.3, 0.4) is 0 Å². The van der Waals surface area contributed by atoms with Gasteiger partial charge >= 0.3 is 6.61 Å². The third-order valence-corrected chi connectivity index (χ3v) is 3.63. The van der Waals surface area contributed by atoms with Crippen LogP contribution in [0.1, 0.15) is 16.7 Å². The second kappa shape index (κ2) is 10.2. The molecule has 0 aliphatic heterocycles. The van der Waals surface area contributed by atoms with E-state index in [4.69, 9.17) is 5.73 Å². The average molecular weight is 461 g/mol. The number of aliphatic imine (C=N–C) groups is 1. The molecule has 136 valence electrons. The summed E-state index contributed by atoms with van der Waals surface area (Å²) >= 11 is 0. The number of hydrogen-bond donors (Lipinski definition) is 2. The fourth-order valence-corrected chi connectivity index (χ4v) is 2.22. The van der Waals surface area contributed by atoms with Gasteiger partial charge in [-0.1, -0.05) is 24.3 Å². The Morgan fingerprint density at radius 3 is 2.56 bits per heavy atom. The van der Waals surface area contributed by atoms with Gasteiger partial charge in [0.15, 0.2) is 5.96 Å². The fourth-order valence-electron chi connectivity index (χ4n) is 2.22. The third kappa shape index (κ3) is 6.85. The van der Waals surface area contributed by atoms with Gasteiger partial charge in [-0.15, -0.1) is 24.0 Å². The zero-order valence-electron chi connectivity index (χ0n) is 14.1. The van der Waals surface area contributed by atoms with Crippen LogP contribution in [-0.4, -0.2) is 19.1 Å². The van der Waals surface area contributed by atoms with Gasteiger partial charge in [0.2, 0.25) is 0 Å². The molecule has 0 spiro atoms. The lowest BCUT2D eigenvalue weighted by molar-refractivity contribution is -0.0504. The molecule has 0 amide bonds. The molecule has 0 saturated carbocycles. The van der Waals surface area contributed by atoms with Gasteiger partial charge in [-0.2, -0.15) is 8.78 Å². The first-order chi connectivity index (χ1) is 11.5. The van der Waals surface area contributed by atoms with E-state index in [1.165, 1.54) is 11.6 Å². The van der Waals surface area contributed by atoms with Crippen molar-refractivity contribution in [1.82, 2.24) is 0 Å². The van der Waals surface area contributed by atoms with Crippen LogP contribution in [0, 0.1) is 13.8 Å². The number of nitrogens with zero attached hydrogens (tertiary/aromatic N) is 1. The Morgan fingerprint density at radius 1 is 1.16 bits per heavy atom. The molecule has 0 fully saturated rings. The normalized spacial score (nSPS) is 11.2. The first kappa shape index (κ1) is 21.1. The summed E-state index contributed by atoms with van der Waals surface area (Å²) in [7, 11) is 0. The molecule has 0 atom stereocenters. The third-order valence-electron chi connectivity index (χ3n) is 3.63. The second-order valence-electron chi connectivity index (χ2n) is 5.43. The van der Waals surface area contributed by atoms with E-state index in [0.29, 0.717) is 18.5 Å². The molecule has 0 bridgehead atoms. The predicted molar refractivity (Wildman–Crippen MR) is 108 cm³/mol. The maximum atomic E-state index is 12.4. The van der Waals surface area contributed by atoms with E-state index in [-0.39, 0.29) is 35.7 Å². The zero-order chi connectivity index (χ0) is 17.5. The number of benzene rings is 2. The van der Waals surface area contributed by atoms with E-state index in [0.717, 1.165) is 11.3 Å². The first-order valence-electron chi connectivity index (χ1n) is 7.62. The molecule has 4 nitrogen and oxygen atoms in total. The molecule has 25 heavy (non-hydrogen) atoms. The van der Waals surface area contributed by atoms with E-state index >= 15 is 0 Å². The van der Waals surface area contributed by atoms with Crippen LogP contribution < -0.4 is 15.8 Å². The van der Waals surface area contributed by atoms with E-state index < -0.39 is 6.61 Å². The summed E-state index contributed by atoms with van der Waals surface area (Å²) in [4.78, 5) is 4.23. The summed E-state index contributed by atoms with van der Waals surface area (Å²) in [5.74, 6) is 0.453. The first-order valence-corrected chi connectivity index (χ1v) is 7.62. The monoisotopic (exact) mass is 461 g/mol. The highest BCUT2D eigenvalue weighted by atomic mass is 127. The number of anilines is 1. The SMILES string of the molecule is Cc1ccc(NC(N)=NCCc2ccccc2OC(F)F)cc1C.I. The molecule has 0 aliphatic carbocycles. The largest absolute Gasteiger partial charge is 0.435 e. The topological polar surface area (TPSA) is 59.6 Å². The van der Waals surface area contributed by atoms with Gasteiger partial charge in [0.25, 0.3) is 0 Å². The molecule has 3 N–H and O–H groups in total. The molecule has 2 aromatic rings. The molecule has 0 saturated heterocycles. The van der Waals surface area contributed by atoms with Gasteiger partial charge < -0.3 is 15.8 Å². The summed E-state index contributed by atoms with van der Waals surface area (Å²) in [6, 6.07) is 12.6. The van der Waals surface area contributed by atoms with E-state index in [9.17, 15) is 8.78 Å². The van der Waals surface area contributed by atoms with Gasteiger partial charge in [0, 0.05) is 12.2 Å². The summed E-state index contributed by atoms with van der Waals surface area (Å²) < 4.78 is 29.2. The van der Waals surface area contributed by atoms with Crippen molar-refractivity contribution in [2.75, 3.05) is 11.9 Å². The highest BCUT2D eigenvalue weighted by Crippen LogP contribution is 2.20. The Hall–Kier alpha value is -1.90. The number of guanidine groups is 1. The lowest BCUT2D eigenvalue weighted by Crippen LogP contribution is -2.23. The molecule has 0 aliphatic rings. The highest BCUT2D eigenvalue weighted by Gasteiger charge is 2.08. The molecule has 0 heterocycles. The van der Waals surface area contributed by atoms with Gasteiger partial charge in [0.05, 0.1) is 0 Å². The summed E-state index contributed by atoms with van der Waals surface area (Å²) in [5.41, 5.74) is 9.75. The molecule has 0 unspecified atom stereocenters. The molecule has 0 radical (unpaired) electrons. The number of rotatable bonds is 6. The quantitative estimate of drug-likeness (QED) is 0.379. The number of halogens is 3. The van der Waals surface area contributed by atoms with Gasteiger partial charge in [0.1, 0.15) is 5.75 Å². The summed E-state index contributed by atoms with van der Waals surface area (Å²) in [5, 5.41) is 3.02. The molecule has 7 heteroatoms. The number of hydrogen-bond acceptors (Lipinski definition) is 2. The van der Waals surface area contributed by atoms with E-state index in [1.807, 2.05) is 32.0 Å². The number of nitrogens with one attached hydrogen (secondary N) is 1. The minimum Gasteiger partial charge on any atom is -0.435 e. The smallest absolute Gasteiger partial charge is 0.387 e. The minimum absolute atomic E-state index is 0. The van der Waals surface area contributed by atoms with Crippen LogP contribution in [-0.2, 0) is 6.42 Å². The molecular formula is C18H22F2IN3O. The Morgan fingerprint density at radius 2 is 1.88 bits per heavy atom. The number of para-hydroxylation sites is 1. The molecule has 2 rings (SSSR count). The van der Waals surface area contributed by atoms with Gasteiger partial charge in [-0.25, -0.2) is 0 Å². The lowest BCUT2D eigenvalue weighted by atomic mass is 10.1. The molecule has 2 aromatic carbocycles. The number of aryl methyl sites for hydroxylation is 2. The molecule has 0 aromatic heterocycles. The van der Waals surface area contributed by atoms with Crippen LogP contribution >= 0.6 is 24.0 Å².